The lowest BCUT2D eigenvalue weighted by Gasteiger charge is -2.36. The average molecular weight is 329 g/mol. The van der Waals surface area contributed by atoms with E-state index in [1.54, 1.807) is 12.1 Å². The first kappa shape index (κ1) is 16.6. The lowest BCUT2D eigenvalue weighted by atomic mass is 9.74. The summed E-state index contributed by atoms with van der Waals surface area (Å²) in [7, 11) is 0. The van der Waals surface area contributed by atoms with Gasteiger partial charge in [0.25, 0.3) is 0 Å². The maximum Gasteiger partial charge on any atom is 0.230 e. The van der Waals surface area contributed by atoms with Gasteiger partial charge < -0.3 is 10.6 Å². The predicted octanol–water partition coefficient (Wildman–Crippen LogP) is 4.27. The zero-order valence-corrected chi connectivity index (χ0v) is 14.2. The lowest BCUT2D eigenvalue weighted by molar-refractivity contribution is -0.127. The number of piperidine rings is 1. The molecule has 116 valence electrons. The van der Waals surface area contributed by atoms with Gasteiger partial charge in [-0.1, -0.05) is 37.0 Å². The smallest absolute Gasteiger partial charge is 0.230 e. The molecule has 1 aromatic rings. The van der Waals surface area contributed by atoms with E-state index >= 15 is 0 Å². The van der Waals surface area contributed by atoms with Gasteiger partial charge in [0.15, 0.2) is 0 Å². The molecule has 2 N–H and O–H groups in total. The number of carbonyl (C=O) groups is 1. The molecule has 1 amide bonds. The fourth-order valence-electron chi connectivity index (χ4n) is 2.68. The number of rotatable bonds is 3. The van der Waals surface area contributed by atoms with E-state index in [0.29, 0.717) is 21.7 Å². The molecule has 0 radical (unpaired) electrons. The third kappa shape index (κ3) is 3.71. The molecule has 0 aliphatic carbocycles. The van der Waals surface area contributed by atoms with Crippen molar-refractivity contribution in [2.75, 3.05) is 18.4 Å². The van der Waals surface area contributed by atoms with Gasteiger partial charge in [-0.3, -0.25) is 4.79 Å². The molecule has 1 saturated heterocycles. The Hall–Kier alpha value is -0.770. The molecule has 1 atom stereocenters. The van der Waals surface area contributed by atoms with E-state index in [9.17, 15) is 4.79 Å². The van der Waals surface area contributed by atoms with Crippen molar-refractivity contribution >= 4 is 34.8 Å². The summed E-state index contributed by atoms with van der Waals surface area (Å²) in [6.07, 6.45) is 2.17. The second-order valence-corrected chi connectivity index (χ2v) is 7.11. The van der Waals surface area contributed by atoms with Crippen LogP contribution in [0.3, 0.4) is 0 Å². The third-order valence-electron chi connectivity index (χ3n) is 4.40. The number of halogens is 2. The van der Waals surface area contributed by atoms with Gasteiger partial charge in [0, 0.05) is 10.4 Å². The van der Waals surface area contributed by atoms with Crippen LogP contribution in [0.5, 0.6) is 0 Å². The van der Waals surface area contributed by atoms with E-state index in [2.05, 4.69) is 10.6 Å². The van der Waals surface area contributed by atoms with Gasteiger partial charge in [-0.25, -0.2) is 0 Å². The standard InChI is InChI=1S/C16H22Cl2N2O/c1-10-7-13(18)14(8-12(10)17)20-15(21)16(2,3)11-5-4-6-19-9-11/h7-8,11,19H,4-6,9H2,1-3H3,(H,20,21). The number of hydrogen-bond acceptors (Lipinski definition) is 2. The van der Waals surface area contributed by atoms with Gasteiger partial charge in [0.1, 0.15) is 0 Å². The zero-order valence-electron chi connectivity index (χ0n) is 12.7. The number of benzene rings is 1. The van der Waals surface area contributed by atoms with Crippen molar-refractivity contribution in [1.82, 2.24) is 5.32 Å². The molecule has 1 unspecified atom stereocenters. The highest BCUT2D eigenvalue weighted by molar-refractivity contribution is 6.36. The number of carbonyl (C=O) groups excluding carboxylic acids is 1. The Balaban J connectivity index is 2.15. The van der Waals surface area contributed by atoms with E-state index < -0.39 is 5.41 Å². The molecule has 1 aromatic carbocycles. The first-order valence-corrected chi connectivity index (χ1v) is 8.05. The van der Waals surface area contributed by atoms with Gasteiger partial charge in [0.2, 0.25) is 5.91 Å². The van der Waals surface area contributed by atoms with Crippen LogP contribution in [0.15, 0.2) is 12.1 Å². The second kappa shape index (κ2) is 6.55. The molecule has 1 aliphatic rings. The van der Waals surface area contributed by atoms with Crippen LogP contribution in [0.1, 0.15) is 32.3 Å². The van der Waals surface area contributed by atoms with E-state index in [4.69, 9.17) is 23.2 Å². The molecule has 0 aromatic heterocycles. The minimum Gasteiger partial charge on any atom is -0.324 e. The lowest BCUT2D eigenvalue weighted by Crippen LogP contribution is -2.44. The molecular formula is C16H22Cl2N2O. The van der Waals surface area contributed by atoms with Gasteiger partial charge in [0.05, 0.1) is 10.7 Å². The van der Waals surface area contributed by atoms with Crippen molar-refractivity contribution in [2.24, 2.45) is 11.3 Å². The predicted molar refractivity (Wildman–Crippen MR) is 89.2 cm³/mol. The molecule has 1 fully saturated rings. The van der Waals surface area contributed by atoms with Crippen LogP contribution in [0.4, 0.5) is 5.69 Å². The third-order valence-corrected chi connectivity index (χ3v) is 5.12. The molecule has 2 rings (SSSR count). The molecule has 5 heteroatoms. The summed E-state index contributed by atoms with van der Waals surface area (Å²) >= 11 is 12.3. The molecular weight excluding hydrogens is 307 g/mol. The van der Waals surface area contributed by atoms with Crippen LogP contribution in [-0.4, -0.2) is 19.0 Å². The monoisotopic (exact) mass is 328 g/mol. The van der Waals surface area contributed by atoms with E-state index in [1.165, 1.54) is 0 Å². The van der Waals surface area contributed by atoms with Gasteiger partial charge >= 0.3 is 0 Å². The van der Waals surface area contributed by atoms with Crippen LogP contribution < -0.4 is 10.6 Å². The molecule has 0 saturated carbocycles. The summed E-state index contributed by atoms with van der Waals surface area (Å²) in [5.41, 5.74) is 1.03. The van der Waals surface area contributed by atoms with Crippen molar-refractivity contribution in [3.63, 3.8) is 0 Å². The Bertz CT molecular complexity index is 537. The van der Waals surface area contributed by atoms with Gasteiger partial charge in [-0.2, -0.15) is 0 Å². The molecule has 0 spiro atoms. The van der Waals surface area contributed by atoms with E-state index in [1.807, 2.05) is 20.8 Å². The number of aryl methyl sites for hydroxylation is 1. The Kier molecular flexibility index (Phi) is 5.18. The highest BCUT2D eigenvalue weighted by Gasteiger charge is 2.37. The van der Waals surface area contributed by atoms with Crippen molar-refractivity contribution in [3.05, 3.63) is 27.7 Å². The Morgan fingerprint density at radius 2 is 2.05 bits per heavy atom. The van der Waals surface area contributed by atoms with Gasteiger partial charge in [-0.15, -0.1) is 0 Å². The summed E-state index contributed by atoms with van der Waals surface area (Å²) in [5.74, 6) is 0.309. The zero-order chi connectivity index (χ0) is 15.6. The minimum atomic E-state index is -0.450. The highest BCUT2D eigenvalue weighted by atomic mass is 35.5. The maximum atomic E-state index is 12.6. The maximum absolute atomic E-state index is 12.6. The first-order chi connectivity index (χ1) is 9.82. The fraction of sp³-hybridized carbons (Fsp3) is 0.562. The minimum absolute atomic E-state index is 0.0157. The van der Waals surface area contributed by atoms with Crippen molar-refractivity contribution in [3.8, 4) is 0 Å². The normalized spacial score (nSPS) is 19.4. The first-order valence-electron chi connectivity index (χ1n) is 7.30. The molecule has 1 aliphatic heterocycles. The summed E-state index contributed by atoms with van der Waals surface area (Å²) < 4.78 is 0. The largest absolute Gasteiger partial charge is 0.324 e. The molecule has 21 heavy (non-hydrogen) atoms. The van der Waals surface area contributed by atoms with Crippen LogP contribution in [0, 0.1) is 18.3 Å². The van der Waals surface area contributed by atoms with E-state index in [-0.39, 0.29) is 5.91 Å². The van der Waals surface area contributed by atoms with Crippen LogP contribution in [0.25, 0.3) is 0 Å². The Labute approximate surface area is 136 Å². The van der Waals surface area contributed by atoms with Gasteiger partial charge in [-0.05, 0) is 56.5 Å². The fourth-order valence-corrected chi connectivity index (χ4v) is 3.11. The Morgan fingerprint density at radius 1 is 1.33 bits per heavy atom. The number of anilines is 1. The molecule has 1 heterocycles. The second-order valence-electron chi connectivity index (χ2n) is 6.30. The summed E-state index contributed by atoms with van der Waals surface area (Å²) in [5, 5.41) is 7.41. The SMILES string of the molecule is Cc1cc(Cl)c(NC(=O)C(C)(C)C2CCCNC2)cc1Cl. The van der Waals surface area contributed by atoms with Crippen molar-refractivity contribution < 1.29 is 4.79 Å². The molecule has 3 nitrogen and oxygen atoms in total. The molecule has 0 bridgehead atoms. The summed E-state index contributed by atoms with van der Waals surface area (Å²) in [6.45, 7) is 7.78. The average Bonchev–Trinajstić information content (AvgIpc) is 2.45. The summed E-state index contributed by atoms with van der Waals surface area (Å²) in [4.78, 5) is 12.6. The van der Waals surface area contributed by atoms with Crippen LogP contribution in [0.2, 0.25) is 10.0 Å². The number of nitrogens with one attached hydrogen (secondary N) is 2. The van der Waals surface area contributed by atoms with Crippen LogP contribution in [-0.2, 0) is 4.79 Å². The highest BCUT2D eigenvalue weighted by Crippen LogP contribution is 2.35. The summed E-state index contributed by atoms with van der Waals surface area (Å²) in [6, 6.07) is 3.49. The Morgan fingerprint density at radius 3 is 2.67 bits per heavy atom. The van der Waals surface area contributed by atoms with E-state index in [0.717, 1.165) is 31.5 Å². The topological polar surface area (TPSA) is 41.1 Å². The van der Waals surface area contributed by atoms with Crippen molar-refractivity contribution in [1.29, 1.82) is 0 Å². The van der Waals surface area contributed by atoms with Crippen molar-refractivity contribution in [2.45, 2.75) is 33.6 Å². The number of amides is 1. The quantitative estimate of drug-likeness (QED) is 0.870. The van der Waals surface area contributed by atoms with Crippen LogP contribution >= 0.6 is 23.2 Å². The number of hydrogen-bond donors (Lipinski definition) is 2.